The zero-order chi connectivity index (χ0) is 17.3. The van der Waals surface area contributed by atoms with Gasteiger partial charge in [0.15, 0.2) is 0 Å². The van der Waals surface area contributed by atoms with E-state index in [9.17, 15) is 4.79 Å². The van der Waals surface area contributed by atoms with Gasteiger partial charge in [0, 0.05) is 21.0 Å². The monoisotopic (exact) mass is 288 g/mol. The van der Waals surface area contributed by atoms with Gasteiger partial charge in [-0.25, -0.2) is 0 Å². The molecule has 3 heteroatoms. The lowest BCUT2D eigenvalue weighted by Crippen LogP contribution is -2.17. The van der Waals surface area contributed by atoms with Crippen molar-refractivity contribution in [3.05, 3.63) is 11.6 Å². The third kappa shape index (κ3) is 87.3. The van der Waals surface area contributed by atoms with Crippen LogP contribution < -0.4 is 0 Å². The molecule has 0 rings (SSSR count). The first kappa shape index (κ1) is 27.5. The van der Waals surface area contributed by atoms with Gasteiger partial charge < -0.3 is 9.80 Å². The molecule has 0 aromatic rings. The van der Waals surface area contributed by atoms with Crippen molar-refractivity contribution >= 4 is 5.91 Å². The Hall–Kier alpha value is -0.830. The molecule has 20 heavy (non-hydrogen) atoms. The van der Waals surface area contributed by atoms with Gasteiger partial charge in [-0.05, 0) is 47.3 Å². The third-order valence-corrected chi connectivity index (χ3v) is 1.84. The van der Waals surface area contributed by atoms with E-state index in [4.69, 9.17) is 0 Å². The Balaban J connectivity index is -0.0000000862. The Morgan fingerprint density at radius 3 is 1.15 bits per heavy atom. The molecular weight excluding hydrogens is 248 g/mol. The molecule has 0 N–H and O–H groups in total. The van der Waals surface area contributed by atoms with Crippen LogP contribution in [0.5, 0.6) is 0 Å². The molecule has 0 aromatic carbocycles. The van der Waals surface area contributed by atoms with Crippen molar-refractivity contribution in [2.45, 2.75) is 55.4 Å². The third-order valence-electron chi connectivity index (χ3n) is 1.84. The maximum atomic E-state index is 10.1. The zero-order valence-electron chi connectivity index (χ0n) is 16.2. The van der Waals surface area contributed by atoms with Gasteiger partial charge in [-0.2, -0.15) is 0 Å². The molecule has 0 unspecified atom stereocenters. The van der Waals surface area contributed by atoms with Gasteiger partial charge in [0.05, 0.1) is 0 Å². The van der Waals surface area contributed by atoms with E-state index in [1.54, 1.807) is 14.1 Å². The van der Waals surface area contributed by atoms with Crippen LogP contribution in [0.3, 0.4) is 0 Å². The van der Waals surface area contributed by atoms with Crippen molar-refractivity contribution < 1.29 is 4.79 Å². The molecule has 0 heterocycles. The van der Waals surface area contributed by atoms with Crippen LogP contribution in [0.1, 0.15) is 55.4 Å². The zero-order valence-corrected chi connectivity index (χ0v) is 16.2. The van der Waals surface area contributed by atoms with Crippen LogP contribution in [-0.4, -0.2) is 50.4 Å². The lowest BCUT2D eigenvalue weighted by molar-refractivity contribution is -0.126. The Morgan fingerprint density at radius 2 is 1.15 bits per heavy atom. The maximum absolute atomic E-state index is 10.1. The summed E-state index contributed by atoms with van der Waals surface area (Å²) in [7, 11) is 7.56. The minimum Gasteiger partial charge on any atom is -0.349 e. The van der Waals surface area contributed by atoms with Crippen LogP contribution >= 0.6 is 0 Å². The lowest BCUT2D eigenvalue weighted by Gasteiger charge is -2.02. The summed E-state index contributed by atoms with van der Waals surface area (Å²) >= 11 is 0. The fourth-order valence-electron chi connectivity index (χ4n) is 0. The van der Waals surface area contributed by atoms with Gasteiger partial charge in [-0.3, -0.25) is 4.79 Å². The molecule has 0 fully saturated rings. The van der Waals surface area contributed by atoms with Gasteiger partial charge in [-0.15, -0.1) is 0 Å². The number of rotatable bonds is 1. The number of carbonyl (C=O) groups is 1. The Morgan fingerprint density at radius 1 is 1.00 bits per heavy atom. The first-order valence-corrected chi connectivity index (χ1v) is 7.34. The predicted molar refractivity (Wildman–Crippen MR) is 94.2 cm³/mol. The first-order chi connectivity index (χ1) is 8.91. The fourth-order valence-corrected chi connectivity index (χ4v) is 0. The molecule has 0 aliphatic heterocycles. The summed E-state index contributed by atoms with van der Waals surface area (Å²) in [6.45, 7) is 17.5. The second-order valence-corrected chi connectivity index (χ2v) is 5.91. The second-order valence-electron chi connectivity index (χ2n) is 5.91. The van der Waals surface area contributed by atoms with Crippen LogP contribution in [0, 0.1) is 5.92 Å². The molecule has 0 atom stereocenters. The second kappa shape index (κ2) is 20.5. The van der Waals surface area contributed by atoms with E-state index in [2.05, 4.69) is 66.6 Å². The summed E-state index contributed by atoms with van der Waals surface area (Å²) in [4.78, 5) is 13.7. The van der Waals surface area contributed by atoms with Crippen LogP contribution in [0.15, 0.2) is 11.6 Å². The average Bonchev–Trinajstić information content (AvgIpc) is 2.29. The highest BCUT2D eigenvalue weighted by Gasteiger charge is 1.87. The van der Waals surface area contributed by atoms with Gasteiger partial charge in [0.2, 0.25) is 5.91 Å². The molecule has 0 aliphatic carbocycles. The van der Waals surface area contributed by atoms with E-state index in [1.807, 2.05) is 6.92 Å². The summed E-state index contributed by atoms with van der Waals surface area (Å²) in [5.41, 5.74) is 1.38. The largest absolute Gasteiger partial charge is 0.349 e. The quantitative estimate of drug-likeness (QED) is 0.672. The Labute approximate surface area is 129 Å². The van der Waals surface area contributed by atoms with E-state index < -0.39 is 0 Å². The summed E-state index contributed by atoms with van der Waals surface area (Å²) in [6.07, 6.45) is 2.08. The Bertz CT molecular complexity index is 212. The summed E-state index contributed by atoms with van der Waals surface area (Å²) in [5, 5.41) is 0. The van der Waals surface area contributed by atoms with Crippen LogP contribution in [0.2, 0.25) is 0 Å². The molecule has 0 aliphatic rings. The molecule has 0 saturated carbocycles. The summed E-state index contributed by atoms with van der Waals surface area (Å²) < 4.78 is 0. The molecule has 0 bridgehead atoms. The first-order valence-electron chi connectivity index (χ1n) is 7.34. The van der Waals surface area contributed by atoms with E-state index in [-0.39, 0.29) is 5.91 Å². The fraction of sp³-hybridized carbons (Fsp3) is 0.824. The molecule has 3 nitrogen and oxygen atoms in total. The molecule has 124 valence electrons. The molecule has 0 spiro atoms. The van der Waals surface area contributed by atoms with Crippen LogP contribution in [0.25, 0.3) is 0 Å². The Kier molecular flexibility index (Phi) is 28.2. The molecule has 0 aromatic heterocycles. The van der Waals surface area contributed by atoms with Crippen molar-refractivity contribution in [1.29, 1.82) is 0 Å². The molecule has 1 amide bonds. The summed E-state index contributed by atoms with van der Waals surface area (Å²) in [5.74, 6) is 0.926. The van der Waals surface area contributed by atoms with Crippen molar-refractivity contribution in [1.82, 2.24) is 9.80 Å². The predicted octanol–water partition coefficient (Wildman–Crippen LogP) is 4.30. The number of carbonyl (C=O) groups excluding carboxylic acids is 1. The van der Waals surface area contributed by atoms with E-state index in [0.29, 0.717) is 0 Å². The van der Waals surface area contributed by atoms with Crippen LogP contribution in [-0.2, 0) is 4.79 Å². The van der Waals surface area contributed by atoms with Crippen molar-refractivity contribution in [3.8, 4) is 0 Å². The molecular formula is C17H40N2O. The maximum Gasteiger partial charge on any atom is 0.218 e. The highest BCUT2D eigenvalue weighted by atomic mass is 16.2. The average molecular weight is 289 g/mol. The number of hydrogen-bond donors (Lipinski definition) is 0. The number of hydrogen-bond acceptors (Lipinski definition) is 2. The van der Waals surface area contributed by atoms with E-state index >= 15 is 0 Å². The lowest BCUT2D eigenvalue weighted by atomic mass is 10.3. The minimum absolute atomic E-state index is 0.0926. The smallest absolute Gasteiger partial charge is 0.218 e. The number of nitrogens with zero attached hydrogens (tertiary/aromatic N) is 2. The number of allylic oxidation sites excluding steroid dienone is 2. The van der Waals surface area contributed by atoms with Gasteiger partial charge in [0.25, 0.3) is 0 Å². The highest BCUT2D eigenvalue weighted by Crippen LogP contribution is 1.82. The van der Waals surface area contributed by atoms with Gasteiger partial charge in [-0.1, -0.05) is 39.3 Å². The van der Waals surface area contributed by atoms with Gasteiger partial charge >= 0.3 is 0 Å². The standard InChI is InChI=1S/C5H10.C4H9NO.C4H11N.C4H10/c1-4-5(2)3;1-4(6)5(2)3;1-4-5(2)3;1-4(2)3/h4H,1-3H3;1-3H3;4H2,1-3H3;4H,1-3H3. The molecule has 0 radical (unpaired) electrons. The van der Waals surface area contributed by atoms with Crippen molar-refractivity contribution in [2.24, 2.45) is 5.92 Å². The topological polar surface area (TPSA) is 23.6 Å². The molecule has 0 saturated heterocycles. The highest BCUT2D eigenvalue weighted by molar-refractivity contribution is 5.72. The van der Waals surface area contributed by atoms with Crippen molar-refractivity contribution in [2.75, 3.05) is 34.7 Å². The van der Waals surface area contributed by atoms with Crippen LogP contribution in [0.4, 0.5) is 0 Å². The summed E-state index contributed by atoms with van der Waals surface area (Å²) in [6, 6.07) is 0. The van der Waals surface area contributed by atoms with E-state index in [0.717, 1.165) is 12.5 Å². The van der Waals surface area contributed by atoms with Crippen molar-refractivity contribution in [3.63, 3.8) is 0 Å². The van der Waals surface area contributed by atoms with Gasteiger partial charge in [0.1, 0.15) is 0 Å². The van der Waals surface area contributed by atoms with E-state index in [1.165, 1.54) is 17.4 Å². The normalized spacial score (nSPS) is 8.30. The SMILES string of the molecule is CC(=O)N(C)C.CC(C)C.CC=C(C)C.CCN(C)C. The minimum atomic E-state index is 0.0926. The number of amides is 1.